The highest BCUT2D eigenvalue weighted by atomic mass is 32.2. The Morgan fingerprint density at radius 3 is 2.48 bits per heavy atom. The number of ether oxygens (including phenoxy) is 1. The third kappa shape index (κ3) is 4.02. The summed E-state index contributed by atoms with van der Waals surface area (Å²) in [6.07, 6.45) is 0. The van der Waals surface area contributed by atoms with Crippen LogP contribution in [0.4, 0.5) is 0 Å². The molecule has 0 aliphatic rings. The van der Waals surface area contributed by atoms with Gasteiger partial charge in [0.05, 0.1) is 13.0 Å². The third-order valence-corrected chi connectivity index (χ3v) is 4.44. The second-order valence-corrected chi connectivity index (χ2v) is 5.76. The molecule has 2 rings (SSSR count). The van der Waals surface area contributed by atoms with E-state index < -0.39 is 11.9 Å². The Balaban J connectivity index is 2.02. The van der Waals surface area contributed by atoms with E-state index in [2.05, 4.69) is 0 Å². The molecule has 0 aromatic heterocycles. The van der Waals surface area contributed by atoms with Gasteiger partial charge in [0.1, 0.15) is 5.75 Å². The van der Waals surface area contributed by atoms with Gasteiger partial charge in [-0.15, -0.1) is 11.8 Å². The number of aliphatic carboxylic acids is 1. The zero-order valence-electron chi connectivity index (χ0n) is 12.1. The second-order valence-electron chi connectivity index (χ2n) is 4.74. The molecule has 0 aliphatic heterocycles. The molecule has 0 fully saturated rings. The molecule has 0 saturated carbocycles. The molecular formula is C17H18O3S. The first-order chi connectivity index (χ1) is 10.1. The van der Waals surface area contributed by atoms with Crippen molar-refractivity contribution in [1.29, 1.82) is 0 Å². The zero-order valence-corrected chi connectivity index (χ0v) is 12.9. The average Bonchev–Trinajstić information content (AvgIpc) is 2.52. The number of carbonyl (C=O) groups is 1. The molecule has 0 radical (unpaired) electrons. The van der Waals surface area contributed by atoms with E-state index in [1.807, 2.05) is 48.5 Å². The van der Waals surface area contributed by atoms with Gasteiger partial charge >= 0.3 is 5.97 Å². The lowest BCUT2D eigenvalue weighted by atomic mass is 10.0. The first-order valence-corrected chi connectivity index (χ1v) is 7.68. The molecule has 0 bridgehead atoms. The van der Waals surface area contributed by atoms with Gasteiger partial charge in [0, 0.05) is 10.6 Å². The van der Waals surface area contributed by atoms with Crippen molar-refractivity contribution >= 4 is 17.7 Å². The van der Waals surface area contributed by atoms with Crippen LogP contribution in [-0.2, 0) is 10.5 Å². The molecule has 2 aromatic rings. The third-order valence-electron chi connectivity index (χ3n) is 3.31. The average molecular weight is 302 g/mol. The van der Waals surface area contributed by atoms with E-state index in [1.165, 1.54) is 0 Å². The van der Waals surface area contributed by atoms with Crippen molar-refractivity contribution < 1.29 is 14.6 Å². The van der Waals surface area contributed by atoms with Gasteiger partial charge in [-0.25, -0.2) is 0 Å². The Morgan fingerprint density at radius 2 is 1.86 bits per heavy atom. The smallest absolute Gasteiger partial charge is 0.310 e. The molecule has 1 unspecified atom stereocenters. The number of rotatable bonds is 6. The van der Waals surface area contributed by atoms with Crippen LogP contribution >= 0.6 is 11.8 Å². The van der Waals surface area contributed by atoms with Crippen LogP contribution in [0.2, 0.25) is 0 Å². The van der Waals surface area contributed by atoms with Crippen LogP contribution in [0, 0.1) is 0 Å². The van der Waals surface area contributed by atoms with Crippen molar-refractivity contribution in [2.45, 2.75) is 23.5 Å². The van der Waals surface area contributed by atoms with Crippen molar-refractivity contribution in [2.75, 3.05) is 7.11 Å². The summed E-state index contributed by atoms with van der Waals surface area (Å²) < 4.78 is 5.32. The van der Waals surface area contributed by atoms with E-state index in [1.54, 1.807) is 25.8 Å². The first-order valence-electron chi connectivity index (χ1n) is 6.69. The number of hydrogen-bond donors (Lipinski definition) is 1. The Labute approximate surface area is 129 Å². The number of para-hydroxylation sites is 1. The quantitative estimate of drug-likeness (QED) is 0.813. The molecule has 0 amide bonds. The summed E-state index contributed by atoms with van der Waals surface area (Å²) in [7, 11) is 1.67. The molecule has 2 aromatic carbocycles. The van der Waals surface area contributed by atoms with Crippen LogP contribution in [0.25, 0.3) is 0 Å². The second kappa shape index (κ2) is 7.18. The summed E-state index contributed by atoms with van der Waals surface area (Å²) in [5.41, 5.74) is 1.99. The largest absolute Gasteiger partial charge is 0.496 e. The molecule has 1 N–H and O–H groups in total. The summed E-state index contributed by atoms with van der Waals surface area (Å²) >= 11 is 1.70. The van der Waals surface area contributed by atoms with E-state index in [-0.39, 0.29) is 0 Å². The minimum absolute atomic E-state index is 0.471. The Hall–Kier alpha value is -1.94. The molecule has 0 aliphatic carbocycles. The molecule has 21 heavy (non-hydrogen) atoms. The van der Waals surface area contributed by atoms with Crippen molar-refractivity contribution in [3.05, 3.63) is 59.7 Å². The van der Waals surface area contributed by atoms with Crippen LogP contribution in [0.3, 0.4) is 0 Å². The van der Waals surface area contributed by atoms with E-state index in [0.29, 0.717) is 0 Å². The minimum Gasteiger partial charge on any atom is -0.496 e. The van der Waals surface area contributed by atoms with Gasteiger partial charge in [0.15, 0.2) is 0 Å². The summed E-state index contributed by atoms with van der Waals surface area (Å²) in [6.45, 7) is 1.70. The summed E-state index contributed by atoms with van der Waals surface area (Å²) in [4.78, 5) is 12.0. The van der Waals surface area contributed by atoms with E-state index in [4.69, 9.17) is 9.84 Å². The van der Waals surface area contributed by atoms with E-state index in [0.717, 1.165) is 27.5 Å². The predicted molar refractivity (Wildman–Crippen MR) is 85.0 cm³/mol. The van der Waals surface area contributed by atoms with Crippen LogP contribution in [0.1, 0.15) is 24.0 Å². The molecule has 110 valence electrons. The molecule has 1 atom stereocenters. The highest BCUT2D eigenvalue weighted by Gasteiger charge is 2.13. The SMILES string of the molecule is COc1ccccc1SCc1ccc(C(C)C(=O)O)cc1. The molecule has 0 saturated heterocycles. The number of carboxylic acid groups (broad SMARTS) is 1. The first kappa shape index (κ1) is 15.4. The molecule has 3 nitrogen and oxygen atoms in total. The standard InChI is InChI=1S/C17H18O3S/c1-12(17(18)19)14-9-7-13(8-10-14)11-21-16-6-4-3-5-15(16)20-2/h3-10,12H,11H2,1-2H3,(H,18,19). The Kier molecular flexibility index (Phi) is 5.28. The van der Waals surface area contributed by atoms with Gasteiger partial charge in [-0.1, -0.05) is 36.4 Å². The van der Waals surface area contributed by atoms with Crippen LogP contribution in [0.15, 0.2) is 53.4 Å². The lowest BCUT2D eigenvalue weighted by Crippen LogP contribution is -2.07. The van der Waals surface area contributed by atoms with Crippen LogP contribution < -0.4 is 4.74 Å². The fourth-order valence-corrected chi connectivity index (χ4v) is 2.93. The maximum atomic E-state index is 10.9. The minimum atomic E-state index is -0.800. The number of carboxylic acids is 1. The van der Waals surface area contributed by atoms with Gasteiger partial charge < -0.3 is 9.84 Å². The fraction of sp³-hybridized carbons (Fsp3) is 0.235. The predicted octanol–water partition coefficient (Wildman–Crippen LogP) is 4.18. The van der Waals surface area contributed by atoms with Gasteiger partial charge in [-0.3, -0.25) is 4.79 Å². The van der Waals surface area contributed by atoms with E-state index in [9.17, 15) is 4.79 Å². The number of methoxy groups -OCH3 is 1. The number of benzene rings is 2. The molecule has 4 heteroatoms. The van der Waals surface area contributed by atoms with Gasteiger partial charge in [-0.2, -0.15) is 0 Å². The number of thioether (sulfide) groups is 1. The lowest BCUT2D eigenvalue weighted by molar-refractivity contribution is -0.138. The zero-order chi connectivity index (χ0) is 15.2. The van der Waals surface area contributed by atoms with Crippen molar-refractivity contribution in [3.63, 3.8) is 0 Å². The number of hydrogen-bond acceptors (Lipinski definition) is 3. The summed E-state index contributed by atoms with van der Waals surface area (Å²) in [6, 6.07) is 15.7. The van der Waals surface area contributed by atoms with E-state index >= 15 is 0 Å². The maximum absolute atomic E-state index is 10.9. The van der Waals surface area contributed by atoms with Crippen LogP contribution in [-0.4, -0.2) is 18.2 Å². The topological polar surface area (TPSA) is 46.5 Å². The molecule has 0 spiro atoms. The van der Waals surface area contributed by atoms with Gasteiger partial charge in [-0.05, 0) is 30.2 Å². The fourth-order valence-electron chi connectivity index (χ4n) is 1.94. The van der Waals surface area contributed by atoms with Gasteiger partial charge in [0.25, 0.3) is 0 Å². The maximum Gasteiger partial charge on any atom is 0.310 e. The molecule has 0 heterocycles. The highest BCUT2D eigenvalue weighted by molar-refractivity contribution is 7.98. The lowest BCUT2D eigenvalue weighted by Gasteiger charge is -2.09. The molecular weight excluding hydrogens is 284 g/mol. The van der Waals surface area contributed by atoms with Crippen LogP contribution in [0.5, 0.6) is 5.75 Å². The normalized spacial score (nSPS) is 11.9. The van der Waals surface area contributed by atoms with Gasteiger partial charge in [0.2, 0.25) is 0 Å². The Bertz CT molecular complexity index is 608. The Morgan fingerprint density at radius 1 is 1.19 bits per heavy atom. The van der Waals surface area contributed by atoms with Crippen molar-refractivity contribution in [3.8, 4) is 5.75 Å². The summed E-state index contributed by atoms with van der Waals surface area (Å²) in [5.74, 6) is 0.424. The van der Waals surface area contributed by atoms with Crippen molar-refractivity contribution in [1.82, 2.24) is 0 Å². The highest BCUT2D eigenvalue weighted by Crippen LogP contribution is 2.31. The van der Waals surface area contributed by atoms with Crippen molar-refractivity contribution in [2.24, 2.45) is 0 Å². The monoisotopic (exact) mass is 302 g/mol. The summed E-state index contributed by atoms with van der Waals surface area (Å²) in [5, 5.41) is 9.00.